The molecule has 0 bridgehead atoms. The number of aliphatic hydroxyl groups excluding tert-OH is 1. The minimum atomic E-state index is -0.607. The molecule has 0 aromatic carbocycles. The van der Waals surface area contributed by atoms with E-state index in [1.807, 2.05) is 0 Å². The molecular formula is C11H14N4O4. The Morgan fingerprint density at radius 2 is 2.47 bits per heavy atom. The summed E-state index contributed by atoms with van der Waals surface area (Å²) in [5.41, 5.74) is 0.408. The molecule has 1 aliphatic rings. The molecule has 0 aliphatic carbocycles. The van der Waals surface area contributed by atoms with Gasteiger partial charge in [-0.25, -0.2) is 9.97 Å². The zero-order valence-electron chi connectivity index (χ0n) is 10.3. The molecule has 1 aliphatic heterocycles. The van der Waals surface area contributed by atoms with E-state index >= 15 is 0 Å². The normalized spacial score (nSPS) is 27.2. The standard InChI is InChI=1S/C11H14N4O4/c1-18-3-7-6(16)2-8(19-7)15-5-14-9-10(15)12-4-13-11(9)17/h4-8,16H,2-3H2,1H3,(H,12,13,17)/t6-,7-,8-/m1/s1. The van der Waals surface area contributed by atoms with Crippen molar-refractivity contribution >= 4 is 11.2 Å². The first-order valence-electron chi connectivity index (χ1n) is 5.93. The van der Waals surface area contributed by atoms with Crippen LogP contribution in [0, 0.1) is 0 Å². The molecule has 0 spiro atoms. The van der Waals surface area contributed by atoms with Gasteiger partial charge in [0.05, 0.1) is 25.4 Å². The number of nitrogens with zero attached hydrogens (tertiary/aromatic N) is 3. The van der Waals surface area contributed by atoms with Crippen LogP contribution in [0.2, 0.25) is 0 Å². The van der Waals surface area contributed by atoms with Crippen molar-refractivity contribution in [2.75, 3.05) is 13.7 Å². The molecule has 3 atom stereocenters. The van der Waals surface area contributed by atoms with Crippen molar-refractivity contribution in [3.63, 3.8) is 0 Å². The van der Waals surface area contributed by atoms with E-state index in [1.54, 1.807) is 11.7 Å². The molecule has 0 amide bonds. The van der Waals surface area contributed by atoms with Gasteiger partial charge < -0.3 is 19.6 Å². The fourth-order valence-electron chi connectivity index (χ4n) is 2.27. The third-order valence-electron chi connectivity index (χ3n) is 3.21. The highest BCUT2D eigenvalue weighted by molar-refractivity contribution is 5.68. The van der Waals surface area contributed by atoms with Gasteiger partial charge in [-0.3, -0.25) is 9.36 Å². The van der Waals surface area contributed by atoms with Gasteiger partial charge in [-0.15, -0.1) is 0 Å². The van der Waals surface area contributed by atoms with E-state index in [-0.39, 0.29) is 17.2 Å². The van der Waals surface area contributed by atoms with Gasteiger partial charge in [0, 0.05) is 13.5 Å². The monoisotopic (exact) mass is 266 g/mol. The van der Waals surface area contributed by atoms with E-state index in [2.05, 4.69) is 15.0 Å². The third kappa shape index (κ3) is 2.03. The average molecular weight is 266 g/mol. The van der Waals surface area contributed by atoms with Crippen LogP contribution in [0.25, 0.3) is 11.2 Å². The largest absolute Gasteiger partial charge is 0.390 e. The lowest BCUT2D eigenvalue weighted by Gasteiger charge is -2.14. The van der Waals surface area contributed by atoms with E-state index in [1.165, 1.54) is 12.7 Å². The van der Waals surface area contributed by atoms with Crippen molar-refractivity contribution in [3.8, 4) is 0 Å². The maximum atomic E-state index is 11.6. The molecule has 19 heavy (non-hydrogen) atoms. The molecule has 1 saturated heterocycles. The summed E-state index contributed by atoms with van der Waals surface area (Å²) < 4.78 is 12.3. The van der Waals surface area contributed by atoms with Gasteiger partial charge >= 0.3 is 0 Å². The number of aromatic amines is 1. The van der Waals surface area contributed by atoms with Gasteiger partial charge in [0.15, 0.2) is 11.2 Å². The van der Waals surface area contributed by atoms with Gasteiger partial charge in [0.1, 0.15) is 12.3 Å². The number of aromatic nitrogens is 4. The Morgan fingerprint density at radius 1 is 1.63 bits per heavy atom. The van der Waals surface area contributed by atoms with E-state index < -0.39 is 12.3 Å². The van der Waals surface area contributed by atoms with E-state index in [0.717, 1.165) is 0 Å². The summed E-state index contributed by atoms with van der Waals surface area (Å²) in [6.45, 7) is 0.318. The van der Waals surface area contributed by atoms with Crippen LogP contribution in [0.5, 0.6) is 0 Å². The Labute approximate surface area is 108 Å². The molecule has 102 valence electrons. The van der Waals surface area contributed by atoms with Crippen molar-refractivity contribution in [1.29, 1.82) is 0 Å². The van der Waals surface area contributed by atoms with Crippen LogP contribution in [0.3, 0.4) is 0 Å². The second-order valence-corrected chi connectivity index (χ2v) is 4.44. The number of fused-ring (bicyclic) bond motifs is 1. The molecule has 1 fully saturated rings. The molecule has 2 N–H and O–H groups in total. The van der Waals surface area contributed by atoms with Crippen molar-refractivity contribution in [2.45, 2.75) is 24.9 Å². The fourth-order valence-corrected chi connectivity index (χ4v) is 2.27. The molecule has 3 heterocycles. The number of hydrogen-bond donors (Lipinski definition) is 2. The highest BCUT2D eigenvalue weighted by Gasteiger charge is 2.35. The highest BCUT2D eigenvalue weighted by Crippen LogP contribution is 2.30. The minimum absolute atomic E-state index is 0.260. The second-order valence-electron chi connectivity index (χ2n) is 4.44. The minimum Gasteiger partial charge on any atom is -0.390 e. The summed E-state index contributed by atoms with van der Waals surface area (Å²) in [5.74, 6) is 0. The van der Waals surface area contributed by atoms with Crippen molar-refractivity contribution in [3.05, 3.63) is 23.0 Å². The molecule has 8 nitrogen and oxygen atoms in total. The second kappa shape index (κ2) is 4.72. The summed E-state index contributed by atoms with van der Waals surface area (Å²) in [7, 11) is 1.55. The smallest absolute Gasteiger partial charge is 0.278 e. The fraction of sp³-hybridized carbons (Fsp3) is 0.545. The number of imidazole rings is 1. The van der Waals surface area contributed by atoms with Crippen LogP contribution in [0.4, 0.5) is 0 Å². The molecular weight excluding hydrogens is 252 g/mol. The third-order valence-corrected chi connectivity index (χ3v) is 3.21. The van der Waals surface area contributed by atoms with Gasteiger partial charge in [0.2, 0.25) is 0 Å². The van der Waals surface area contributed by atoms with Crippen LogP contribution in [0.15, 0.2) is 17.4 Å². The van der Waals surface area contributed by atoms with Crippen molar-refractivity contribution < 1.29 is 14.6 Å². The van der Waals surface area contributed by atoms with E-state index in [0.29, 0.717) is 18.7 Å². The molecule has 0 unspecified atom stereocenters. The number of hydrogen-bond acceptors (Lipinski definition) is 6. The lowest BCUT2D eigenvalue weighted by molar-refractivity contribution is -0.0523. The Balaban J connectivity index is 1.94. The summed E-state index contributed by atoms with van der Waals surface area (Å²) in [6.07, 6.45) is 1.85. The number of methoxy groups -OCH3 is 1. The maximum Gasteiger partial charge on any atom is 0.278 e. The Morgan fingerprint density at radius 3 is 3.26 bits per heavy atom. The number of rotatable bonds is 3. The van der Waals surface area contributed by atoms with Gasteiger partial charge in [-0.05, 0) is 0 Å². The predicted octanol–water partition coefficient (Wildman–Crippen LogP) is -0.586. The van der Waals surface area contributed by atoms with Crippen molar-refractivity contribution in [2.24, 2.45) is 0 Å². The molecule has 0 radical (unpaired) electrons. The quantitative estimate of drug-likeness (QED) is 0.770. The van der Waals surface area contributed by atoms with Crippen LogP contribution < -0.4 is 5.56 Å². The van der Waals surface area contributed by atoms with Gasteiger partial charge in [-0.1, -0.05) is 0 Å². The summed E-state index contributed by atoms with van der Waals surface area (Å²) >= 11 is 0. The average Bonchev–Trinajstić information content (AvgIpc) is 2.95. The first-order chi connectivity index (χ1) is 9.20. The lowest BCUT2D eigenvalue weighted by atomic mass is 10.2. The van der Waals surface area contributed by atoms with Crippen molar-refractivity contribution in [1.82, 2.24) is 19.5 Å². The Bertz CT molecular complexity index is 637. The predicted molar refractivity (Wildman–Crippen MR) is 64.6 cm³/mol. The summed E-state index contributed by atoms with van der Waals surface area (Å²) in [6, 6.07) is 0. The molecule has 8 heteroatoms. The number of nitrogens with one attached hydrogen (secondary N) is 1. The van der Waals surface area contributed by atoms with Crippen LogP contribution in [0.1, 0.15) is 12.6 Å². The summed E-state index contributed by atoms with van der Waals surface area (Å²) in [5, 5.41) is 9.89. The first kappa shape index (κ1) is 12.3. The van der Waals surface area contributed by atoms with Crippen LogP contribution >= 0.6 is 0 Å². The van der Waals surface area contributed by atoms with Crippen LogP contribution in [-0.2, 0) is 9.47 Å². The highest BCUT2D eigenvalue weighted by atomic mass is 16.6. The molecule has 3 rings (SSSR count). The zero-order chi connectivity index (χ0) is 13.4. The maximum absolute atomic E-state index is 11.6. The molecule has 0 saturated carbocycles. The van der Waals surface area contributed by atoms with E-state index in [9.17, 15) is 9.90 Å². The first-order valence-corrected chi connectivity index (χ1v) is 5.93. The molecule has 2 aromatic heterocycles. The lowest BCUT2D eigenvalue weighted by Crippen LogP contribution is -2.25. The van der Waals surface area contributed by atoms with Gasteiger partial charge in [0.25, 0.3) is 5.56 Å². The van der Waals surface area contributed by atoms with Gasteiger partial charge in [-0.2, -0.15) is 0 Å². The number of ether oxygens (including phenoxy) is 2. The Hall–Kier alpha value is -1.77. The Kier molecular flexibility index (Phi) is 3.05. The SMILES string of the molecule is COC[C@H]1O[C@@H](n2cnc3c(=O)[nH]cnc32)C[C@H]1O. The number of aliphatic hydroxyl groups is 1. The summed E-state index contributed by atoms with van der Waals surface area (Å²) in [4.78, 5) is 22.1. The number of H-pyrrole nitrogens is 1. The molecule has 2 aromatic rings. The van der Waals surface area contributed by atoms with E-state index in [4.69, 9.17) is 9.47 Å². The zero-order valence-corrected chi connectivity index (χ0v) is 10.3. The topological polar surface area (TPSA) is 102 Å². The van der Waals surface area contributed by atoms with Crippen LogP contribution in [-0.4, -0.2) is 50.6 Å².